The van der Waals surface area contributed by atoms with Crippen LogP contribution in [-0.2, 0) is 18.9 Å². The molecule has 2 saturated heterocycles. The summed E-state index contributed by atoms with van der Waals surface area (Å²) in [6, 6.07) is 0. The van der Waals surface area contributed by atoms with Gasteiger partial charge < -0.3 is 24.1 Å². The summed E-state index contributed by atoms with van der Waals surface area (Å²) in [7, 11) is 1.55. The van der Waals surface area contributed by atoms with Gasteiger partial charge in [0.25, 0.3) is 0 Å². The molecule has 0 saturated carbocycles. The van der Waals surface area contributed by atoms with Gasteiger partial charge in [-0.2, -0.15) is 0 Å². The number of rotatable bonds is 2. The zero-order valence-corrected chi connectivity index (χ0v) is 8.60. The highest BCUT2D eigenvalue weighted by Gasteiger charge is 2.55. The molecule has 82 valence electrons. The van der Waals surface area contributed by atoms with E-state index in [4.69, 9.17) is 24.1 Å². The van der Waals surface area contributed by atoms with E-state index in [2.05, 4.69) is 0 Å². The zero-order chi connectivity index (χ0) is 10.3. The Balaban J connectivity index is 2.12. The van der Waals surface area contributed by atoms with E-state index < -0.39 is 12.1 Å². The van der Waals surface area contributed by atoms with Gasteiger partial charge in [-0.1, -0.05) is 0 Å². The normalized spacial score (nSPS) is 45.4. The molecule has 2 rings (SSSR count). The molecule has 0 spiro atoms. The molecule has 1 N–H and O–H groups in total. The fourth-order valence-electron chi connectivity index (χ4n) is 1.98. The Hall–Kier alpha value is -0.200. The predicted octanol–water partition coefficient (Wildman–Crippen LogP) is -0.130. The summed E-state index contributed by atoms with van der Waals surface area (Å²) >= 11 is 0. The van der Waals surface area contributed by atoms with Crippen LogP contribution in [0.4, 0.5) is 0 Å². The highest BCUT2D eigenvalue weighted by Crippen LogP contribution is 2.38. The van der Waals surface area contributed by atoms with Crippen molar-refractivity contribution in [2.75, 3.05) is 13.7 Å². The average molecular weight is 204 g/mol. The maximum Gasteiger partial charge on any atom is 0.186 e. The molecule has 4 atom stereocenters. The largest absolute Gasteiger partial charge is 0.394 e. The lowest BCUT2D eigenvalue weighted by molar-refractivity contribution is -0.230. The van der Waals surface area contributed by atoms with Crippen molar-refractivity contribution >= 4 is 0 Å². The Morgan fingerprint density at radius 1 is 1.29 bits per heavy atom. The van der Waals surface area contributed by atoms with Crippen LogP contribution in [-0.4, -0.2) is 49.2 Å². The van der Waals surface area contributed by atoms with Crippen LogP contribution in [0.25, 0.3) is 0 Å². The molecule has 0 aromatic rings. The molecule has 0 amide bonds. The van der Waals surface area contributed by atoms with Gasteiger partial charge in [-0.25, -0.2) is 0 Å². The number of aliphatic hydroxyl groups excluding tert-OH is 1. The zero-order valence-electron chi connectivity index (χ0n) is 8.60. The maximum absolute atomic E-state index is 9.08. The molecule has 2 heterocycles. The Morgan fingerprint density at radius 2 is 1.93 bits per heavy atom. The van der Waals surface area contributed by atoms with Crippen molar-refractivity contribution in [1.29, 1.82) is 0 Å². The molecule has 0 aromatic heterocycles. The van der Waals surface area contributed by atoms with Crippen LogP contribution in [0, 0.1) is 0 Å². The molecular weight excluding hydrogens is 188 g/mol. The van der Waals surface area contributed by atoms with Crippen molar-refractivity contribution in [3.05, 3.63) is 0 Å². The molecule has 5 nitrogen and oxygen atoms in total. The maximum atomic E-state index is 9.08. The minimum atomic E-state index is -0.622. The molecule has 2 aliphatic heterocycles. The van der Waals surface area contributed by atoms with Crippen molar-refractivity contribution in [2.24, 2.45) is 0 Å². The van der Waals surface area contributed by atoms with E-state index in [1.54, 1.807) is 7.11 Å². The summed E-state index contributed by atoms with van der Waals surface area (Å²) in [5, 5.41) is 9.08. The van der Waals surface area contributed by atoms with E-state index in [1.165, 1.54) is 0 Å². The molecule has 0 aliphatic carbocycles. The number of ether oxygens (including phenoxy) is 4. The highest BCUT2D eigenvalue weighted by molar-refractivity contribution is 4.94. The van der Waals surface area contributed by atoms with E-state index in [0.29, 0.717) is 0 Å². The Labute approximate surface area is 82.9 Å². The number of methoxy groups -OCH3 is 1. The van der Waals surface area contributed by atoms with Crippen LogP contribution in [0.3, 0.4) is 0 Å². The number of hydrogen-bond acceptors (Lipinski definition) is 5. The van der Waals surface area contributed by atoms with E-state index in [1.807, 2.05) is 13.8 Å². The smallest absolute Gasteiger partial charge is 0.186 e. The van der Waals surface area contributed by atoms with Gasteiger partial charge in [-0.15, -0.1) is 0 Å². The fraction of sp³-hybridized carbons (Fsp3) is 1.00. The highest BCUT2D eigenvalue weighted by atomic mass is 16.8. The number of hydrogen-bond donors (Lipinski definition) is 1. The first kappa shape index (κ1) is 10.3. The summed E-state index contributed by atoms with van der Waals surface area (Å²) < 4.78 is 21.8. The van der Waals surface area contributed by atoms with Crippen LogP contribution >= 0.6 is 0 Å². The minimum Gasteiger partial charge on any atom is -0.394 e. The lowest BCUT2D eigenvalue weighted by Gasteiger charge is -2.22. The number of fused-ring (bicyclic) bond motifs is 1. The molecule has 0 radical (unpaired) electrons. The second-order valence-corrected chi connectivity index (χ2v) is 4.03. The summed E-state index contributed by atoms with van der Waals surface area (Å²) in [5.41, 5.74) is 0. The summed E-state index contributed by atoms with van der Waals surface area (Å²) in [4.78, 5) is 0. The quantitative estimate of drug-likeness (QED) is 0.679. The second-order valence-electron chi connectivity index (χ2n) is 4.03. The van der Waals surface area contributed by atoms with Crippen molar-refractivity contribution in [3.63, 3.8) is 0 Å². The molecular formula is C9H16O5. The van der Waals surface area contributed by atoms with Gasteiger partial charge in [0.15, 0.2) is 12.1 Å². The van der Waals surface area contributed by atoms with Gasteiger partial charge in [-0.05, 0) is 13.8 Å². The van der Waals surface area contributed by atoms with Gasteiger partial charge in [0.1, 0.15) is 18.3 Å². The number of aliphatic hydroxyl groups is 1. The second kappa shape index (κ2) is 3.43. The Kier molecular flexibility index (Phi) is 2.53. The van der Waals surface area contributed by atoms with Crippen molar-refractivity contribution < 1.29 is 24.1 Å². The topological polar surface area (TPSA) is 57.2 Å². The van der Waals surface area contributed by atoms with Crippen LogP contribution in [0.5, 0.6) is 0 Å². The third-order valence-corrected chi connectivity index (χ3v) is 2.52. The summed E-state index contributed by atoms with van der Waals surface area (Å²) in [5.74, 6) is -0.622. The first-order chi connectivity index (χ1) is 6.57. The first-order valence-electron chi connectivity index (χ1n) is 4.72. The van der Waals surface area contributed by atoms with Gasteiger partial charge in [0, 0.05) is 7.11 Å². The average Bonchev–Trinajstić information content (AvgIpc) is 2.57. The Bertz CT molecular complexity index is 197. The lowest BCUT2D eigenvalue weighted by Crippen LogP contribution is -2.31. The molecule has 5 heteroatoms. The van der Waals surface area contributed by atoms with Crippen molar-refractivity contribution in [2.45, 2.75) is 44.2 Å². The van der Waals surface area contributed by atoms with Gasteiger partial charge in [0.2, 0.25) is 0 Å². The molecule has 0 aromatic carbocycles. The van der Waals surface area contributed by atoms with Crippen LogP contribution in [0.1, 0.15) is 13.8 Å². The monoisotopic (exact) mass is 204 g/mol. The summed E-state index contributed by atoms with van der Waals surface area (Å²) in [6.07, 6.45) is -1.28. The van der Waals surface area contributed by atoms with Crippen molar-refractivity contribution in [1.82, 2.24) is 0 Å². The minimum absolute atomic E-state index is 0.0829. The van der Waals surface area contributed by atoms with E-state index >= 15 is 0 Å². The van der Waals surface area contributed by atoms with Gasteiger partial charge in [0.05, 0.1) is 6.61 Å². The van der Waals surface area contributed by atoms with Gasteiger partial charge in [-0.3, -0.25) is 0 Å². The van der Waals surface area contributed by atoms with E-state index in [0.717, 1.165) is 0 Å². The predicted molar refractivity (Wildman–Crippen MR) is 46.6 cm³/mol. The fourth-order valence-corrected chi connectivity index (χ4v) is 1.98. The van der Waals surface area contributed by atoms with E-state index in [-0.39, 0.29) is 24.9 Å². The van der Waals surface area contributed by atoms with Crippen LogP contribution in [0.2, 0.25) is 0 Å². The molecule has 0 bridgehead atoms. The van der Waals surface area contributed by atoms with Crippen LogP contribution < -0.4 is 0 Å². The van der Waals surface area contributed by atoms with Crippen molar-refractivity contribution in [3.8, 4) is 0 Å². The molecule has 2 aliphatic rings. The van der Waals surface area contributed by atoms with Crippen LogP contribution in [0.15, 0.2) is 0 Å². The Morgan fingerprint density at radius 3 is 2.50 bits per heavy atom. The summed E-state index contributed by atoms with van der Waals surface area (Å²) in [6.45, 7) is 3.60. The van der Waals surface area contributed by atoms with Gasteiger partial charge >= 0.3 is 0 Å². The van der Waals surface area contributed by atoms with E-state index in [9.17, 15) is 0 Å². The lowest BCUT2D eigenvalue weighted by atomic mass is 10.1. The SMILES string of the molecule is CO[C@H]1O[C@H](CO)[C@@H]2OC(C)(C)O[C@@H]12. The molecule has 0 unspecified atom stereocenters. The molecule has 2 fully saturated rings. The first-order valence-corrected chi connectivity index (χ1v) is 4.72. The standard InChI is InChI=1S/C9H16O5/c1-9(2)13-6-5(4-10)12-8(11-3)7(6)14-9/h5-8,10H,4H2,1-3H3/t5-,6+,7-,8+/m1/s1. The third kappa shape index (κ3) is 1.55. The third-order valence-electron chi connectivity index (χ3n) is 2.52. The molecule has 14 heavy (non-hydrogen) atoms.